The van der Waals surface area contributed by atoms with Gasteiger partial charge in [-0.2, -0.15) is 119 Å². The average molecular weight is 1040 g/mol. The third-order valence-electron chi connectivity index (χ3n) is 10.9. The molecule has 0 unspecified atom stereocenters. The molecule has 0 radical (unpaired) electrons. The third-order valence-corrected chi connectivity index (χ3v) is 14.9. The highest BCUT2D eigenvalue weighted by molar-refractivity contribution is 6.76. The molecule has 0 atom stereocenters. The van der Waals surface area contributed by atoms with Crippen LogP contribution < -0.4 is 5.40 Å². The van der Waals surface area contributed by atoms with Gasteiger partial charge < -0.3 is 5.40 Å². The van der Waals surface area contributed by atoms with Crippen LogP contribution >= 0.6 is 0 Å². The second kappa shape index (κ2) is 23.3. The molecule has 0 heterocycles. The van der Waals surface area contributed by atoms with Crippen LogP contribution in [0.1, 0.15) is 135 Å². The van der Waals surface area contributed by atoms with E-state index in [0.717, 1.165) is 0 Å². The van der Waals surface area contributed by atoms with Gasteiger partial charge in [0.2, 0.25) is 0 Å². The van der Waals surface area contributed by atoms with Crippen LogP contribution in [0.25, 0.3) is 0 Å². The van der Waals surface area contributed by atoms with Gasteiger partial charge in [0.05, 0.1) is 0 Å². The van der Waals surface area contributed by atoms with E-state index in [1.165, 1.54) is 0 Å². The Morgan fingerprint density at radius 1 is 0.215 bits per heavy atom. The first-order valence-corrected chi connectivity index (χ1v) is 23.0. The number of halogens is 27. The molecule has 392 valence electrons. The van der Waals surface area contributed by atoms with Crippen molar-refractivity contribution in [3.05, 3.63) is 0 Å². The Morgan fingerprint density at radius 2 is 0.369 bits per heavy atom. The van der Waals surface area contributed by atoms with Gasteiger partial charge >= 0.3 is 71.8 Å². The van der Waals surface area contributed by atoms with Crippen LogP contribution in [0.4, 0.5) is 119 Å². The summed E-state index contributed by atoms with van der Waals surface area (Å²) < 4.78 is 352. The zero-order valence-corrected chi connectivity index (χ0v) is 35.3. The summed E-state index contributed by atoms with van der Waals surface area (Å²) in [6.07, 6.45) is -27.2. The van der Waals surface area contributed by atoms with Crippen molar-refractivity contribution in [2.75, 3.05) is 0 Å². The van der Waals surface area contributed by atoms with Gasteiger partial charge in [-0.05, 0) is 37.4 Å². The van der Waals surface area contributed by atoms with Gasteiger partial charge in [0, 0.05) is 19.3 Å². The van der Waals surface area contributed by atoms with Gasteiger partial charge in [-0.3, -0.25) is 0 Å². The van der Waals surface area contributed by atoms with Crippen molar-refractivity contribution in [2.24, 2.45) is 5.40 Å². The number of hydrogen-bond acceptors (Lipinski definition) is 1. The maximum absolute atomic E-state index is 13.7. The topological polar surface area (TPSA) is 26.0 Å². The molecule has 0 aliphatic rings. The molecule has 0 bridgehead atoms. The number of rotatable bonds is 33. The molecular weight excluding hydrogens is 987 g/mol. The quantitative estimate of drug-likeness (QED) is 0.0396. The number of hydrogen-bond donors (Lipinski definition) is 1. The summed E-state index contributed by atoms with van der Waals surface area (Å²) in [7, 11) is -2.75. The molecule has 65 heavy (non-hydrogen) atoms. The van der Waals surface area contributed by atoms with E-state index in [-0.39, 0.29) is 57.8 Å². The van der Waals surface area contributed by atoms with E-state index in [1.807, 2.05) is 0 Å². The predicted octanol–water partition coefficient (Wildman–Crippen LogP) is 17.5. The van der Waals surface area contributed by atoms with Gasteiger partial charge in [-0.1, -0.05) is 96.3 Å². The summed E-state index contributed by atoms with van der Waals surface area (Å²) in [6, 6.07) is 1.09. The highest BCUT2D eigenvalue weighted by Crippen LogP contribution is 2.57. The zero-order chi connectivity index (χ0) is 51.5. The molecule has 0 aliphatic carbocycles. The van der Waals surface area contributed by atoms with E-state index in [1.54, 1.807) is 0 Å². The lowest BCUT2D eigenvalue weighted by Crippen LogP contribution is -2.60. The Labute approximate surface area is 357 Å². The Kier molecular flexibility index (Phi) is 22.6. The number of unbranched alkanes of at least 4 members (excludes halogenated alkanes) is 15. The van der Waals surface area contributed by atoms with E-state index in [9.17, 15) is 119 Å². The monoisotopic (exact) mass is 1040 g/mol. The average Bonchev–Trinajstić information content (AvgIpc) is 3.12. The molecule has 0 rings (SSSR count). The molecule has 0 saturated heterocycles. The Morgan fingerprint density at radius 3 is 0.538 bits per heavy atom. The lowest BCUT2D eigenvalue weighted by atomic mass is 9.98. The van der Waals surface area contributed by atoms with Crippen molar-refractivity contribution >= 4 is 8.24 Å². The van der Waals surface area contributed by atoms with Crippen LogP contribution in [0.3, 0.4) is 0 Å². The van der Waals surface area contributed by atoms with E-state index < -0.39 is 119 Å². The number of nitrogens with two attached hydrogens (primary N) is 1. The summed E-state index contributed by atoms with van der Waals surface area (Å²) in [6.45, 7) is 0. The third kappa shape index (κ3) is 16.2. The molecule has 0 aromatic carbocycles. The summed E-state index contributed by atoms with van der Waals surface area (Å²) in [4.78, 5) is 0. The van der Waals surface area contributed by atoms with Crippen molar-refractivity contribution in [3.8, 4) is 0 Å². The standard InChI is InChI=1S/C36H50F27NSi/c37-25(38,28(43,44)31(49,50)34(55,56)57)19-13-7-1-4-10-16-22-65(64,23-17-11-5-2-8-14-20-26(39,40)29(45,46)32(51,52)35(58,59)60)24-18-12-6-3-9-15-21-27(41,42)30(47,48)33(53,54)36(61,62)63/h1-24,64H2. The van der Waals surface area contributed by atoms with Crippen molar-refractivity contribution in [1.82, 2.24) is 0 Å². The lowest BCUT2D eigenvalue weighted by Gasteiger charge is -2.33. The Hall–Kier alpha value is -1.71. The summed E-state index contributed by atoms with van der Waals surface area (Å²) in [5.41, 5.74) is 0. The van der Waals surface area contributed by atoms with Crippen LogP contribution in [0.5, 0.6) is 0 Å². The largest absolute Gasteiger partial charge is 0.460 e. The van der Waals surface area contributed by atoms with Crippen molar-refractivity contribution in [1.29, 1.82) is 0 Å². The summed E-state index contributed by atoms with van der Waals surface area (Å²) >= 11 is 0. The van der Waals surface area contributed by atoms with Crippen molar-refractivity contribution in [3.63, 3.8) is 0 Å². The molecule has 1 nitrogen and oxygen atoms in total. The molecule has 2 N–H and O–H groups in total. The van der Waals surface area contributed by atoms with Gasteiger partial charge in [-0.25, -0.2) is 0 Å². The molecule has 0 aromatic heterocycles. The fourth-order valence-electron chi connectivity index (χ4n) is 6.66. The minimum Gasteiger partial charge on any atom is -0.351 e. The fraction of sp³-hybridized carbons (Fsp3) is 1.00. The van der Waals surface area contributed by atoms with Crippen LogP contribution in [-0.4, -0.2) is 80.1 Å². The summed E-state index contributed by atoms with van der Waals surface area (Å²) in [5.74, 6) is -58.4. The second-order valence-electron chi connectivity index (χ2n) is 16.3. The van der Waals surface area contributed by atoms with Gasteiger partial charge in [0.1, 0.15) is 8.24 Å². The van der Waals surface area contributed by atoms with E-state index in [2.05, 4.69) is 0 Å². The normalized spacial score (nSPS) is 15.3. The van der Waals surface area contributed by atoms with Crippen molar-refractivity contribution in [2.45, 2.75) is 225 Å². The van der Waals surface area contributed by atoms with E-state index in [0.29, 0.717) is 56.7 Å². The molecular formula is C36H50F27NSi. The molecule has 0 saturated carbocycles. The van der Waals surface area contributed by atoms with Crippen LogP contribution in [0.2, 0.25) is 18.1 Å². The first kappa shape index (κ1) is 63.3. The van der Waals surface area contributed by atoms with E-state index in [4.69, 9.17) is 5.40 Å². The molecule has 0 aromatic rings. The highest BCUT2D eigenvalue weighted by Gasteiger charge is 2.83. The van der Waals surface area contributed by atoms with Crippen LogP contribution in [-0.2, 0) is 0 Å². The molecule has 0 amide bonds. The highest BCUT2D eigenvalue weighted by atomic mass is 28.3. The van der Waals surface area contributed by atoms with Gasteiger partial charge in [0.15, 0.2) is 0 Å². The molecule has 0 aliphatic heterocycles. The second-order valence-corrected chi connectivity index (χ2v) is 20.5. The predicted molar refractivity (Wildman–Crippen MR) is 184 cm³/mol. The fourth-order valence-corrected chi connectivity index (χ4v) is 10.3. The first-order valence-electron chi connectivity index (χ1n) is 20.3. The van der Waals surface area contributed by atoms with Crippen LogP contribution in [0.15, 0.2) is 0 Å². The zero-order valence-electron chi connectivity index (χ0n) is 34.3. The van der Waals surface area contributed by atoms with E-state index >= 15 is 0 Å². The first-order chi connectivity index (χ1) is 28.9. The minimum atomic E-state index is -7.01. The SMILES string of the molecule is N[Si](CCCCCCCCC(F)(F)C(F)(F)C(F)(F)C(F)(F)F)(CCCCCCCCC(F)(F)C(F)(F)C(F)(F)C(F)(F)F)CCCCCCCCC(F)(F)C(F)(F)C(F)(F)C(F)(F)F. The van der Waals surface area contributed by atoms with Crippen LogP contribution in [0, 0.1) is 0 Å². The Balaban J connectivity index is 5.18. The van der Waals surface area contributed by atoms with Gasteiger partial charge in [-0.15, -0.1) is 0 Å². The van der Waals surface area contributed by atoms with Gasteiger partial charge in [0.25, 0.3) is 0 Å². The Bertz CT molecular complexity index is 1210. The maximum atomic E-state index is 13.7. The molecule has 0 spiro atoms. The molecule has 29 heteroatoms. The summed E-state index contributed by atoms with van der Waals surface area (Å²) in [5, 5.41) is 6.70. The molecule has 0 fully saturated rings. The van der Waals surface area contributed by atoms with Crippen molar-refractivity contribution < 1.29 is 119 Å². The maximum Gasteiger partial charge on any atom is 0.460 e. The smallest absolute Gasteiger partial charge is 0.351 e. The minimum absolute atomic E-state index is 0.0547. The lowest BCUT2D eigenvalue weighted by molar-refractivity contribution is -0.396. The number of alkyl halides is 27.